The van der Waals surface area contributed by atoms with Crippen molar-refractivity contribution in [2.75, 3.05) is 13.1 Å². The lowest BCUT2D eigenvalue weighted by molar-refractivity contribution is 0.577. The molecule has 3 rings (SSSR count). The van der Waals surface area contributed by atoms with Gasteiger partial charge in [0.2, 0.25) is 0 Å². The van der Waals surface area contributed by atoms with Crippen molar-refractivity contribution in [1.29, 1.82) is 0 Å². The molecule has 18 heavy (non-hydrogen) atoms. The molecule has 1 aromatic carbocycles. The van der Waals surface area contributed by atoms with Crippen molar-refractivity contribution in [3.05, 3.63) is 45.7 Å². The number of H-pyrrole nitrogens is 1. The quantitative estimate of drug-likeness (QED) is 0.846. The van der Waals surface area contributed by atoms with Crippen LogP contribution in [0.15, 0.2) is 29.1 Å². The molecule has 0 radical (unpaired) electrons. The summed E-state index contributed by atoms with van der Waals surface area (Å²) in [5.41, 5.74) is 3.08. The van der Waals surface area contributed by atoms with Gasteiger partial charge in [0, 0.05) is 5.56 Å². The first kappa shape index (κ1) is 11.5. The van der Waals surface area contributed by atoms with Crippen LogP contribution in [0.1, 0.15) is 17.5 Å². The highest BCUT2D eigenvalue weighted by Gasteiger charge is 2.16. The van der Waals surface area contributed by atoms with Crippen LogP contribution in [0.4, 0.5) is 0 Å². The van der Waals surface area contributed by atoms with E-state index in [0.29, 0.717) is 5.92 Å². The van der Waals surface area contributed by atoms with E-state index in [4.69, 9.17) is 0 Å². The Morgan fingerprint density at radius 3 is 3.06 bits per heavy atom. The fourth-order valence-electron chi connectivity index (χ4n) is 2.78. The van der Waals surface area contributed by atoms with Crippen LogP contribution in [-0.2, 0) is 6.42 Å². The van der Waals surface area contributed by atoms with Crippen molar-refractivity contribution in [1.82, 2.24) is 10.3 Å². The van der Waals surface area contributed by atoms with E-state index >= 15 is 0 Å². The summed E-state index contributed by atoms with van der Waals surface area (Å²) in [6, 6.07) is 8.18. The molecule has 2 heterocycles. The molecule has 1 unspecified atom stereocenters. The lowest BCUT2D eigenvalue weighted by Gasteiger charge is -2.09. The summed E-state index contributed by atoms with van der Waals surface area (Å²) in [7, 11) is 0. The summed E-state index contributed by atoms with van der Waals surface area (Å²) in [6.07, 6.45) is 2.05. The van der Waals surface area contributed by atoms with Gasteiger partial charge in [-0.1, -0.05) is 18.2 Å². The van der Waals surface area contributed by atoms with Crippen LogP contribution >= 0.6 is 0 Å². The van der Waals surface area contributed by atoms with E-state index in [2.05, 4.69) is 22.4 Å². The van der Waals surface area contributed by atoms with Crippen LogP contribution in [0.2, 0.25) is 0 Å². The van der Waals surface area contributed by atoms with Gasteiger partial charge in [-0.15, -0.1) is 0 Å². The number of aromatic amines is 1. The Hall–Kier alpha value is -1.61. The Labute approximate surface area is 106 Å². The van der Waals surface area contributed by atoms with Crippen LogP contribution in [0.3, 0.4) is 0 Å². The summed E-state index contributed by atoms with van der Waals surface area (Å²) in [5.74, 6) is 0.605. The Bertz CT molecular complexity index is 624. The number of rotatable bonds is 2. The minimum Gasteiger partial charge on any atom is -0.321 e. The van der Waals surface area contributed by atoms with Crippen molar-refractivity contribution < 1.29 is 0 Å². The molecule has 3 nitrogen and oxygen atoms in total. The molecule has 3 heteroatoms. The molecule has 1 saturated heterocycles. The zero-order valence-corrected chi connectivity index (χ0v) is 10.6. The van der Waals surface area contributed by atoms with E-state index in [0.717, 1.165) is 41.5 Å². The standard InChI is InChI=1S/C15H18N2O/c1-10-3-2-4-12-8-13(15(18)17-14(10)12)7-11-5-6-16-9-11/h2-4,8,11,16H,5-7,9H2,1H3,(H,17,18). The van der Waals surface area contributed by atoms with Gasteiger partial charge < -0.3 is 10.3 Å². The molecule has 0 saturated carbocycles. The fourth-order valence-corrected chi connectivity index (χ4v) is 2.78. The molecule has 1 atom stereocenters. The second-order valence-corrected chi connectivity index (χ2v) is 5.23. The van der Waals surface area contributed by atoms with Crippen LogP contribution in [0.5, 0.6) is 0 Å². The van der Waals surface area contributed by atoms with E-state index < -0.39 is 0 Å². The van der Waals surface area contributed by atoms with E-state index in [-0.39, 0.29) is 5.56 Å². The third-order valence-electron chi connectivity index (χ3n) is 3.84. The molecule has 1 aliphatic heterocycles. The summed E-state index contributed by atoms with van der Waals surface area (Å²) in [6.45, 7) is 4.14. The van der Waals surface area contributed by atoms with Gasteiger partial charge in [-0.3, -0.25) is 4.79 Å². The van der Waals surface area contributed by atoms with Gasteiger partial charge in [0.05, 0.1) is 5.52 Å². The first-order valence-corrected chi connectivity index (χ1v) is 6.56. The van der Waals surface area contributed by atoms with Crippen molar-refractivity contribution in [3.63, 3.8) is 0 Å². The first-order chi connectivity index (χ1) is 8.74. The smallest absolute Gasteiger partial charge is 0.251 e. The molecule has 1 fully saturated rings. The van der Waals surface area contributed by atoms with Gasteiger partial charge in [0.25, 0.3) is 5.56 Å². The Morgan fingerprint density at radius 2 is 2.28 bits per heavy atom. The third kappa shape index (κ3) is 2.06. The van der Waals surface area contributed by atoms with E-state index in [1.807, 2.05) is 19.1 Å². The lowest BCUT2D eigenvalue weighted by atomic mass is 9.98. The Morgan fingerprint density at radius 1 is 1.39 bits per heavy atom. The van der Waals surface area contributed by atoms with Gasteiger partial charge in [-0.2, -0.15) is 0 Å². The fraction of sp³-hybridized carbons (Fsp3) is 0.400. The SMILES string of the molecule is Cc1cccc2cc(CC3CCNC3)c(=O)[nH]c12. The largest absolute Gasteiger partial charge is 0.321 e. The normalized spacial score (nSPS) is 19.5. The number of hydrogen-bond acceptors (Lipinski definition) is 2. The Kier molecular flexibility index (Phi) is 2.92. The van der Waals surface area contributed by atoms with Crippen molar-refractivity contribution in [2.24, 2.45) is 5.92 Å². The molecule has 2 N–H and O–H groups in total. The first-order valence-electron chi connectivity index (χ1n) is 6.56. The van der Waals surface area contributed by atoms with E-state index in [9.17, 15) is 4.79 Å². The highest BCUT2D eigenvalue weighted by Crippen LogP contribution is 2.18. The second kappa shape index (κ2) is 4.58. The van der Waals surface area contributed by atoms with Crippen molar-refractivity contribution in [2.45, 2.75) is 19.8 Å². The van der Waals surface area contributed by atoms with Crippen LogP contribution in [0, 0.1) is 12.8 Å². The highest BCUT2D eigenvalue weighted by molar-refractivity contribution is 5.81. The number of hydrogen-bond donors (Lipinski definition) is 2. The molecule has 0 aliphatic carbocycles. The number of fused-ring (bicyclic) bond motifs is 1. The lowest BCUT2D eigenvalue weighted by Crippen LogP contribution is -2.18. The Balaban J connectivity index is 2.02. The third-order valence-corrected chi connectivity index (χ3v) is 3.84. The van der Waals surface area contributed by atoms with Crippen LogP contribution in [-0.4, -0.2) is 18.1 Å². The highest BCUT2D eigenvalue weighted by atomic mass is 16.1. The maximum absolute atomic E-state index is 12.1. The average molecular weight is 242 g/mol. The van der Waals surface area contributed by atoms with Crippen molar-refractivity contribution in [3.8, 4) is 0 Å². The number of aryl methyl sites for hydroxylation is 1. The minimum absolute atomic E-state index is 0.0729. The predicted molar refractivity (Wildman–Crippen MR) is 74.0 cm³/mol. The number of nitrogens with one attached hydrogen (secondary N) is 2. The van der Waals surface area contributed by atoms with Gasteiger partial charge >= 0.3 is 0 Å². The molecule has 0 spiro atoms. The van der Waals surface area contributed by atoms with Crippen LogP contribution < -0.4 is 10.9 Å². The number of benzene rings is 1. The van der Waals surface area contributed by atoms with Gasteiger partial charge in [-0.05, 0) is 55.8 Å². The van der Waals surface area contributed by atoms with E-state index in [1.54, 1.807) is 0 Å². The molecule has 0 amide bonds. The zero-order valence-electron chi connectivity index (χ0n) is 10.6. The summed E-state index contributed by atoms with van der Waals surface area (Å²) < 4.78 is 0. The predicted octanol–water partition coefficient (Wildman–Crippen LogP) is 1.99. The maximum atomic E-state index is 12.1. The number of aromatic nitrogens is 1. The number of pyridine rings is 1. The van der Waals surface area contributed by atoms with Gasteiger partial charge in [-0.25, -0.2) is 0 Å². The molecule has 0 bridgehead atoms. The maximum Gasteiger partial charge on any atom is 0.251 e. The van der Waals surface area contributed by atoms with E-state index in [1.165, 1.54) is 6.42 Å². The van der Waals surface area contributed by atoms with Crippen LogP contribution in [0.25, 0.3) is 10.9 Å². The van der Waals surface area contributed by atoms with Gasteiger partial charge in [0.1, 0.15) is 0 Å². The average Bonchev–Trinajstić information content (AvgIpc) is 2.84. The van der Waals surface area contributed by atoms with Gasteiger partial charge in [0.15, 0.2) is 0 Å². The number of para-hydroxylation sites is 1. The molecular weight excluding hydrogens is 224 g/mol. The second-order valence-electron chi connectivity index (χ2n) is 5.23. The van der Waals surface area contributed by atoms with Crippen molar-refractivity contribution >= 4 is 10.9 Å². The summed E-state index contributed by atoms with van der Waals surface area (Å²) in [4.78, 5) is 15.1. The molecule has 1 aromatic heterocycles. The molecule has 2 aromatic rings. The summed E-state index contributed by atoms with van der Waals surface area (Å²) >= 11 is 0. The molecular formula is C15H18N2O. The summed E-state index contributed by atoms with van der Waals surface area (Å²) in [5, 5.41) is 4.48. The molecule has 94 valence electrons. The molecule has 1 aliphatic rings. The zero-order chi connectivity index (χ0) is 12.5. The monoisotopic (exact) mass is 242 g/mol. The minimum atomic E-state index is 0.0729. The topological polar surface area (TPSA) is 44.9 Å².